The molecule has 0 unspecified atom stereocenters. The summed E-state index contributed by atoms with van der Waals surface area (Å²) >= 11 is 0. The number of carbonyl (C=O) groups is 1. The molecule has 0 bridgehead atoms. The fourth-order valence-corrected chi connectivity index (χ4v) is 1.21. The van der Waals surface area contributed by atoms with Gasteiger partial charge in [0, 0.05) is 11.1 Å². The molecule has 0 radical (unpaired) electrons. The molecular formula is C13H12F2O2. The number of ether oxygens (including phenoxy) is 1. The molecule has 2 nitrogen and oxygen atoms in total. The summed E-state index contributed by atoms with van der Waals surface area (Å²) < 4.78 is 30.7. The van der Waals surface area contributed by atoms with Gasteiger partial charge in [0.05, 0.1) is 6.61 Å². The van der Waals surface area contributed by atoms with Crippen molar-refractivity contribution in [2.45, 2.75) is 20.3 Å². The summed E-state index contributed by atoms with van der Waals surface area (Å²) in [5.74, 6) is 2.93. The Balaban J connectivity index is 2.79. The highest BCUT2D eigenvalue weighted by Gasteiger charge is 2.07. The highest BCUT2D eigenvalue weighted by atomic mass is 19.2. The van der Waals surface area contributed by atoms with Gasteiger partial charge in [-0.1, -0.05) is 11.8 Å². The zero-order chi connectivity index (χ0) is 12.8. The van der Waals surface area contributed by atoms with Crippen molar-refractivity contribution in [3.63, 3.8) is 0 Å². The first-order valence-corrected chi connectivity index (χ1v) is 5.15. The third-order valence-corrected chi connectivity index (χ3v) is 2.10. The van der Waals surface area contributed by atoms with Crippen LogP contribution < -0.4 is 0 Å². The molecular weight excluding hydrogens is 226 g/mol. The van der Waals surface area contributed by atoms with Crippen molar-refractivity contribution < 1.29 is 18.3 Å². The van der Waals surface area contributed by atoms with E-state index >= 15 is 0 Å². The minimum absolute atomic E-state index is 0.0632. The van der Waals surface area contributed by atoms with E-state index in [9.17, 15) is 13.6 Å². The molecule has 0 N–H and O–H groups in total. The van der Waals surface area contributed by atoms with Crippen molar-refractivity contribution in [2.24, 2.45) is 0 Å². The van der Waals surface area contributed by atoms with Crippen LogP contribution in [0.15, 0.2) is 12.1 Å². The molecule has 1 aromatic carbocycles. The Morgan fingerprint density at radius 2 is 2.12 bits per heavy atom. The predicted octanol–water partition coefficient (Wildman–Crippen LogP) is 2.58. The van der Waals surface area contributed by atoms with Gasteiger partial charge in [0.25, 0.3) is 0 Å². The summed E-state index contributed by atoms with van der Waals surface area (Å²) in [7, 11) is 0. The van der Waals surface area contributed by atoms with Gasteiger partial charge in [-0.3, -0.25) is 4.79 Å². The quantitative estimate of drug-likeness (QED) is 0.584. The van der Waals surface area contributed by atoms with Crippen LogP contribution in [0.1, 0.15) is 24.5 Å². The van der Waals surface area contributed by atoms with Crippen molar-refractivity contribution in [2.75, 3.05) is 6.61 Å². The van der Waals surface area contributed by atoms with E-state index in [1.54, 1.807) is 6.92 Å². The topological polar surface area (TPSA) is 26.3 Å². The lowest BCUT2D eigenvalue weighted by atomic mass is 10.1. The maximum atomic E-state index is 13.2. The third kappa shape index (κ3) is 3.56. The number of hydrogen-bond donors (Lipinski definition) is 0. The maximum absolute atomic E-state index is 13.2. The van der Waals surface area contributed by atoms with Crippen molar-refractivity contribution in [3.8, 4) is 11.8 Å². The van der Waals surface area contributed by atoms with Crippen LogP contribution in [0.25, 0.3) is 0 Å². The molecule has 17 heavy (non-hydrogen) atoms. The molecule has 90 valence electrons. The highest BCUT2D eigenvalue weighted by Crippen LogP contribution is 2.14. The van der Waals surface area contributed by atoms with Crippen molar-refractivity contribution in [1.82, 2.24) is 0 Å². The minimum Gasteiger partial charge on any atom is -0.465 e. The summed E-state index contributed by atoms with van der Waals surface area (Å²) in [4.78, 5) is 11.0. The molecule has 0 aliphatic carbocycles. The van der Waals surface area contributed by atoms with Crippen LogP contribution in [0.2, 0.25) is 0 Å². The highest BCUT2D eigenvalue weighted by molar-refractivity contribution is 5.72. The van der Waals surface area contributed by atoms with Crippen LogP contribution in [-0.4, -0.2) is 12.6 Å². The van der Waals surface area contributed by atoms with Gasteiger partial charge < -0.3 is 4.74 Å². The van der Waals surface area contributed by atoms with E-state index in [-0.39, 0.29) is 12.0 Å². The average molecular weight is 238 g/mol. The molecule has 0 aliphatic heterocycles. The fraction of sp³-hybridized carbons (Fsp3) is 0.308. The number of halogens is 2. The first-order valence-electron chi connectivity index (χ1n) is 5.15. The van der Waals surface area contributed by atoms with Crippen LogP contribution in [-0.2, 0) is 9.53 Å². The van der Waals surface area contributed by atoms with Gasteiger partial charge in [-0.05, 0) is 26.0 Å². The van der Waals surface area contributed by atoms with Gasteiger partial charge in [0.15, 0.2) is 11.6 Å². The minimum atomic E-state index is -0.909. The Bertz CT molecular complexity index is 484. The summed E-state index contributed by atoms with van der Waals surface area (Å²) in [6.45, 7) is 3.43. The number of carbonyl (C=O) groups excluding carboxylic acids is 1. The smallest absolute Gasteiger partial charge is 0.317 e. The molecule has 1 aromatic rings. The number of esters is 1. The Morgan fingerprint density at radius 3 is 2.76 bits per heavy atom. The van der Waals surface area contributed by atoms with E-state index in [4.69, 9.17) is 0 Å². The maximum Gasteiger partial charge on any atom is 0.317 e. The second-order valence-corrected chi connectivity index (χ2v) is 3.32. The summed E-state index contributed by atoms with van der Waals surface area (Å²) in [6.07, 6.45) is -0.0632. The van der Waals surface area contributed by atoms with Crippen molar-refractivity contribution >= 4 is 5.97 Å². The lowest BCUT2D eigenvalue weighted by molar-refractivity contribution is -0.141. The molecule has 0 heterocycles. The SMILES string of the molecule is CCOC(=O)CC#Cc1ccc(F)c(F)c1C. The average Bonchev–Trinajstić information content (AvgIpc) is 2.29. The van der Waals surface area contributed by atoms with Gasteiger partial charge in [-0.25, -0.2) is 8.78 Å². The second-order valence-electron chi connectivity index (χ2n) is 3.32. The molecule has 0 saturated carbocycles. The van der Waals surface area contributed by atoms with Crippen LogP contribution in [0, 0.1) is 30.4 Å². The number of benzene rings is 1. The van der Waals surface area contributed by atoms with E-state index < -0.39 is 17.6 Å². The van der Waals surface area contributed by atoms with Crippen molar-refractivity contribution in [1.29, 1.82) is 0 Å². The summed E-state index contributed by atoms with van der Waals surface area (Å²) in [6, 6.07) is 2.39. The molecule has 0 spiro atoms. The monoisotopic (exact) mass is 238 g/mol. The van der Waals surface area contributed by atoms with E-state index in [0.717, 1.165) is 6.07 Å². The van der Waals surface area contributed by atoms with Crippen molar-refractivity contribution in [3.05, 3.63) is 34.9 Å². The molecule has 0 saturated heterocycles. The first kappa shape index (κ1) is 13.2. The lowest BCUT2D eigenvalue weighted by Gasteiger charge is -2.00. The molecule has 0 aliphatic rings. The Kier molecular flexibility index (Phi) is 4.65. The van der Waals surface area contributed by atoms with Crippen LogP contribution >= 0.6 is 0 Å². The zero-order valence-corrected chi connectivity index (χ0v) is 9.64. The van der Waals surface area contributed by atoms with Gasteiger partial charge in [-0.2, -0.15) is 0 Å². The molecule has 0 fully saturated rings. The first-order chi connectivity index (χ1) is 8.06. The molecule has 0 aromatic heterocycles. The number of hydrogen-bond acceptors (Lipinski definition) is 2. The van der Waals surface area contributed by atoms with Gasteiger partial charge in [-0.15, -0.1) is 0 Å². The standard InChI is InChI=1S/C13H12F2O2/c1-3-17-12(16)6-4-5-10-7-8-11(14)13(15)9(10)2/h7-8H,3,6H2,1-2H3. The van der Waals surface area contributed by atoms with E-state index in [0.29, 0.717) is 12.2 Å². The Hall–Kier alpha value is -1.89. The van der Waals surface area contributed by atoms with Crippen LogP contribution in [0.3, 0.4) is 0 Å². The molecule has 4 heteroatoms. The molecule has 0 amide bonds. The zero-order valence-electron chi connectivity index (χ0n) is 9.64. The lowest BCUT2D eigenvalue weighted by Crippen LogP contribution is -2.01. The van der Waals surface area contributed by atoms with Crippen LogP contribution in [0.4, 0.5) is 8.78 Å². The van der Waals surface area contributed by atoms with Gasteiger partial charge in [0.1, 0.15) is 6.42 Å². The Morgan fingerprint density at radius 1 is 1.41 bits per heavy atom. The van der Waals surface area contributed by atoms with E-state index in [1.165, 1.54) is 13.0 Å². The van der Waals surface area contributed by atoms with E-state index in [1.807, 2.05) is 0 Å². The third-order valence-electron chi connectivity index (χ3n) is 2.10. The van der Waals surface area contributed by atoms with E-state index in [2.05, 4.69) is 16.6 Å². The normalized spacial score (nSPS) is 9.41. The van der Waals surface area contributed by atoms with Crippen LogP contribution in [0.5, 0.6) is 0 Å². The Labute approximate surface area is 98.6 Å². The van der Waals surface area contributed by atoms with Gasteiger partial charge in [0.2, 0.25) is 0 Å². The summed E-state index contributed by atoms with van der Waals surface area (Å²) in [5, 5.41) is 0. The predicted molar refractivity (Wildman–Crippen MR) is 59.2 cm³/mol. The second kappa shape index (κ2) is 6.00. The fourth-order valence-electron chi connectivity index (χ4n) is 1.21. The molecule has 1 rings (SSSR count). The largest absolute Gasteiger partial charge is 0.465 e. The molecule has 0 atom stereocenters. The number of rotatable bonds is 2. The summed E-state index contributed by atoms with van der Waals surface area (Å²) in [5.41, 5.74) is 0.509. The van der Waals surface area contributed by atoms with Gasteiger partial charge >= 0.3 is 5.97 Å².